The van der Waals surface area contributed by atoms with Gasteiger partial charge in [0.05, 0.1) is 0 Å². The summed E-state index contributed by atoms with van der Waals surface area (Å²) in [5.41, 5.74) is 3.22. The Morgan fingerprint density at radius 3 is 1.67 bits per heavy atom. The molecule has 0 saturated heterocycles. The first kappa shape index (κ1) is 34.0. The maximum Gasteiger partial charge on any atom is 0.490 e. The number of rotatable bonds is 13. The number of benzene rings is 3. The van der Waals surface area contributed by atoms with Gasteiger partial charge < -0.3 is 15.1 Å². The van der Waals surface area contributed by atoms with E-state index in [0.717, 1.165) is 16.7 Å². The molecule has 0 aliphatic rings. The minimum atomic E-state index is -5.08. The first-order chi connectivity index (χ1) is 19.9. The molecule has 0 unspecified atom stereocenters. The van der Waals surface area contributed by atoms with Gasteiger partial charge in [-0.05, 0) is 29.5 Å². The number of hydrogen-bond acceptors (Lipinski definition) is 5. The number of likely N-dealkylation sites (N-methyl/N-ethyl adjacent to an activating group) is 2. The van der Waals surface area contributed by atoms with E-state index in [1.54, 1.807) is 4.90 Å². The number of nitrogens with zero attached hydrogens (tertiary/aromatic N) is 3. The van der Waals surface area contributed by atoms with Crippen LogP contribution in [0.4, 0.5) is 13.2 Å². The van der Waals surface area contributed by atoms with Gasteiger partial charge in [-0.15, -0.1) is 0 Å². The molecule has 2 N–H and O–H groups in total. The van der Waals surface area contributed by atoms with Crippen LogP contribution >= 0.6 is 0 Å². The van der Waals surface area contributed by atoms with Gasteiger partial charge in [-0.3, -0.25) is 9.59 Å². The third-order valence-electron chi connectivity index (χ3n) is 6.30. The van der Waals surface area contributed by atoms with Crippen molar-refractivity contribution in [2.45, 2.75) is 38.5 Å². The average Bonchev–Trinajstić information content (AvgIpc) is 2.96. The Morgan fingerprint density at radius 1 is 0.786 bits per heavy atom. The van der Waals surface area contributed by atoms with Crippen LogP contribution in [0.25, 0.3) is 0 Å². The topological polar surface area (TPSA) is 101 Å². The zero-order chi connectivity index (χ0) is 31.1. The van der Waals surface area contributed by atoms with Crippen LogP contribution in [0.2, 0.25) is 0 Å². The lowest BCUT2D eigenvalue weighted by Gasteiger charge is -2.40. The summed E-state index contributed by atoms with van der Waals surface area (Å²) >= 11 is 0. The number of halogens is 3. The highest BCUT2D eigenvalue weighted by Gasteiger charge is 2.38. The van der Waals surface area contributed by atoms with Crippen molar-refractivity contribution >= 4 is 17.8 Å². The molecule has 0 fully saturated rings. The van der Waals surface area contributed by atoms with Crippen molar-refractivity contribution in [3.05, 3.63) is 108 Å². The van der Waals surface area contributed by atoms with Gasteiger partial charge in [-0.25, -0.2) is 14.8 Å². The molecule has 226 valence electrons. The molecule has 0 bridgehead atoms. The lowest BCUT2D eigenvalue weighted by molar-refractivity contribution is -0.192. The Labute approximate surface area is 243 Å². The summed E-state index contributed by atoms with van der Waals surface area (Å²) in [7, 11) is 1.81. The van der Waals surface area contributed by atoms with Crippen molar-refractivity contribution in [2.75, 3.05) is 26.7 Å². The molecule has 0 aliphatic heterocycles. The fourth-order valence-corrected chi connectivity index (χ4v) is 4.32. The molecule has 1 amide bonds. The molecule has 1 atom stereocenters. The third-order valence-corrected chi connectivity index (χ3v) is 6.30. The van der Waals surface area contributed by atoms with Crippen molar-refractivity contribution in [1.82, 2.24) is 14.9 Å². The average molecular weight is 588 g/mol. The van der Waals surface area contributed by atoms with Crippen molar-refractivity contribution < 1.29 is 37.8 Å². The highest BCUT2D eigenvalue weighted by atomic mass is 19.4. The third kappa shape index (κ3) is 11.7. The molecule has 3 rings (SSSR count). The van der Waals surface area contributed by atoms with E-state index in [4.69, 9.17) is 9.90 Å². The summed E-state index contributed by atoms with van der Waals surface area (Å²) in [6.45, 7) is 3.32. The second kappa shape index (κ2) is 16.9. The molecule has 8 nitrogen and oxygen atoms in total. The second-order valence-corrected chi connectivity index (χ2v) is 9.46. The second-order valence-electron chi connectivity index (χ2n) is 9.46. The number of carbonyl (C=O) groups is 3. The van der Waals surface area contributed by atoms with Crippen LogP contribution in [0.5, 0.6) is 0 Å². The number of carboxylic acid groups (broad SMARTS) is 2. The van der Waals surface area contributed by atoms with Crippen LogP contribution in [0.1, 0.15) is 23.6 Å². The molecular formula is C31H36F3N3O5. The first-order valence-corrected chi connectivity index (χ1v) is 13.3. The van der Waals surface area contributed by atoms with Crippen LogP contribution < -0.4 is 0 Å². The van der Waals surface area contributed by atoms with E-state index in [-0.39, 0.29) is 12.5 Å². The van der Waals surface area contributed by atoms with E-state index in [1.807, 2.05) is 115 Å². The van der Waals surface area contributed by atoms with E-state index in [0.29, 0.717) is 32.5 Å². The SMILES string of the molecule is CCN([C@@H](Cc1ccccc1)C(=O)N(C)Cc1ccccc1)N(CCc1ccccc1)CC(=O)O.O=C(O)C(F)(F)F. The predicted octanol–water partition coefficient (Wildman–Crippen LogP) is 4.76. The maximum absolute atomic E-state index is 13.8. The molecule has 11 heteroatoms. The quantitative estimate of drug-likeness (QED) is 0.278. The molecule has 0 spiro atoms. The molecule has 0 heterocycles. The highest BCUT2D eigenvalue weighted by Crippen LogP contribution is 2.17. The van der Waals surface area contributed by atoms with E-state index >= 15 is 0 Å². The number of amides is 1. The number of carbonyl (C=O) groups excluding carboxylic acids is 1. The Balaban J connectivity index is 0.000000782. The first-order valence-electron chi connectivity index (χ1n) is 13.3. The van der Waals surface area contributed by atoms with E-state index in [1.165, 1.54) is 0 Å². The minimum absolute atomic E-state index is 0.0327. The molecule has 0 aromatic heterocycles. The normalized spacial score (nSPS) is 11.9. The zero-order valence-electron chi connectivity index (χ0n) is 23.6. The summed E-state index contributed by atoms with van der Waals surface area (Å²) < 4.78 is 31.7. The summed E-state index contributed by atoms with van der Waals surface area (Å²) in [5.74, 6) is -3.71. The van der Waals surface area contributed by atoms with Crippen molar-refractivity contribution in [3.63, 3.8) is 0 Å². The van der Waals surface area contributed by atoms with Crippen molar-refractivity contribution in [1.29, 1.82) is 0 Å². The summed E-state index contributed by atoms with van der Waals surface area (Å²) in [6.07, 6.45) is -3.90. The fourth-order valence-electron chi connectivity index (χ4n) is 4.32. The summed E-state index contributed by atoms with van der Waals surface area (Å²) in [6, 6.07) is 29.3. The predicted molar refractivity (Wildman–Crippen MR) is 152 cm³/mol. The molecule has 3 aromatic rings. The Bertz CT molecular complexity index is 1240. The number of hydrogen-bond donors (Lipinski definition) is 2. The van der Waals surface area contributed by atoms with Crippen LogP contribution in [-0.4, -0.2) is 81.9 Å². The zero-order valence-corrected chi connectivity index (χ0v) is 23.6. The highest BCUT2D eigenvalue weighted by molar-refractivity contribution is 5.82. The van der Waals surface area contributed by atoms with Gasteiger partial charge in [-0.1, -0.05) is 97.9 Å². The molecule has 0 radical (unpaired) electrons. The smallest absolute Gasteiger partial charge is 0.480 e. The van der Waals surface area contributed by atoms with Crippen LogP contribution in [0.15, 0.2) is 91.0 Å². The Kier molecular flexibility index (Phi) is 13.7. The van der Waals surface area contributed by atoms with Crippen LogP contribution in [0.3, 0.4) is 0 Å². The van der Waals surface area contributed by atoms with Crippen molar-refractivity contribution in [2.24, 2.45) is 0 Å². The van der Waals surface area contributed by atoms with Gasteiger partial charge in [0, 0.05) is 26.7 Å². The molecule has 0 aliphatic carbocycles. The molecule has 0 saturated carbocycles. The van der Waals surface area contributed by atoms with Crippen molar-refractivity contribution in [3.8, 4) is 0 Å². The van der Waals surface area contributed by atoms with Gasteiger partial charge >= 0.3 is 18.1 Å². The summed E-state index contributed by atoms with van der Waals surface area (Å²) in [4.78, 5) is 36.3. The number of aliphatic carboxylic acids is 2. The van der Waals surface area contributed by atoms with E-state index in [2.05, 4.69) is 0 Å². The summed E-state index contributed by atoms with van der Waals surface area (Å²) in [5, 5.41) is 20.6. The van der Waals surface area contributed by atoms with Gasteiger partial charge in [0.25, 0.3) is 0 Å². The lowest BCUT2D eigenvalue weighted by Crippen LogP contribution is -2.57. The number of hydrazine groups is 1. The standard InChI is InChI=1S/C29H35N3O3.C2HF3O2/c1-3-32(31(23-28(33)34)20-19-24-13-7-4-8-14-24)27(21-25-15-9-5-10-16-25)29(35)30(2)22-26-17-11-6-12-18-26;3-2(4,5)1(6)7/h4-18,27H,3,19-23H2,1-2H3,(H,33,34);(H,6,7)/t27-;/m0./s1. The number of carboxylic acids is 2. The van der Waals surface area contributed by atoms with Gasteiger partial charge in [0.15, 0.2) is 0 Å². The fraction of sp³-hybridized carbons (Fsp3) is 0.323. The molecule has 42 heavy (non-hydrogen) atoms. The van der Waals surface area contributed by atoms with Crippen LogP contribution in [0, 0.1) is 0 Å². The Hall–Kier alpha value is -4.22. The minimum Gasteiger partial charge on any atom is -0.480 e. The van der Waals surface area contributed by atoms with Gasteiger partial charge in [0.1, 0.15) is 12.6 Å². The van der Waals surface area contributed by atoms with E-state index in [9.17, 15) is 27.9 Å². The lowest BCUT2D eigenvalue weighted by atomic mass is 10.0. The molecular weight excluding hydrogens is 551 g/mol. The Morgan fingerprint density at radius 2 is 1.24 bits per heavy atom. The van der Waals surface area contributed by atoms with Gasteiger partial charge in [0.2, 0.25) is 5.91 Å². The van der Waals surface area contributed by atoms with Gasteiger partial charge in [-0.2, -0.15) is 13.2 Å². The monoisotopic (exact) mass is 587 g/mol. The van der Waals surface area contributed by atoms with E-state index < -0.39 is 24.2 Å². The maximum atomic E-state index is 13.8. The van der Waals surface area contributed by atoms with Crippen LogP contribution in [-0.2, 0) is 33.8 Å². The number of alkyl halides is 3. The molecule has 3 aromatic carbocycles. The largest absolute Gasteiger partial charge is 0.490 e.